The van der Waals surface area contributed by atoms with Gasteiger partial charge in [0.05, 0.1) is 45.8 Å². The second-order valence-corrected chi connectivity index (χ2v) is 18.5. The highest BCUT2D eigenvalue weighted by atomic mass is 32.2. The molecule has 0 saturated carbocycles. The zero-order valence-electron chi connectivity index (χ0n) is 27.7. The van der Waals surface area contributed by atoms with Gasteiger partial charge >= 0.3 is 11.0 Å². The molecule has 0 unspecified atom stereocenters. The van der Waals surface area contributed by atoms with E-state index in [4.69, 9.17) is 0 Å². The van der Waals surface area contributed by atoms with Crippen molar-refractivity contribution >= 4 is 68.4 Å². The zero-order valence-corrected chi connectivity index (χ0v) is 31.0. The van der Waals surface area contributed by atoms with Crippen LogP contribution in [0.3, 0.4) is 0 Å². The summed E-state index contributed by atoms with van der Waals surface area (Å²) in [4.78, 5) is 0.748. The van der Waals surface area contributed by atoms with E-state index in [1.165, 1.54) is 27.7 Å². The third kappa shape index (κ3) is 8.82. The molecule has 3 aromatic rings. The van der Waals surface area contributed by atoms with E-state index in [9.17, 15) is 69.1 Å². The second kappa shape index (κ2) is 14.8. The summed E-state index contributed by atoms with van der Waals surface area (Å²) in [5.74, 6) is -1.07. The lowest BCUT2D eigenvalue weighted by atomic mass is 10.2. The number of halogens is 6. The number of alkyl halides is 6. The maximum atomic E-state index is 13.4. The van der Waals surface area contributed by atoms with Crippen molar-refractivity contribution in [3.63, 3.8) is 0 Å². The Kier molecular flexibility index (Phi) is 11.8. The molecule has 0 saturated heterocycles. The number of fused-ring (bicyclic) bond motifs is 2. The molecule has 4 rings (SSSR count). The first-order valence-electron chi connectivity index (χ1n) is 15.4. The van der Waals surface area contributed by atoms with Gasteiger partial charge in [0.15, 0.2) is 11.0 Å². The normalized spacial score (nSPS) is 15.7. The topological polar surface area (TPSA) is 192 Å². The molecule has 1 aliphatic heterocycles. The Balaban J connectivity index is 1.90. The van der Waals surface area contributed by atoms with E-state index in [-0.39, 0.29) is 73.1 Å². The molecule has 0 fully saturated rings. The standard InChI is InChI=1S/C29H32F6N4O10S4/c1-3-36-22-12-10-20(52(46,47)28(30,31)32)18-24(22)38(14-6-16-50(40,41)42)26(36)8-5-9-27-37(4-2)23-13-11-21(53(48,49)29(33,34)35)19-25(23)39(27)15-7-17-51(43,44)45/h5,8-13,18-19H,3-4,6-7,14-17H2,1-2H3,(H-,40,41,42,43,44,45)/p+1. The van der Waals surface area contributed by atoms with E-state index < -0.39 is 72.2 Å². The van der Waals surface area contributed by atoms with Crippen molar-refractivity contribution in [1.82, 2.24) is 4.57 Å². The van der Waals surface area contributed by atoms with Crippen molar-refractivity contribution in [3.05, 3.63) is 60.2 Å². The minimum Gasteiger partial charge on any atom is -0.326 e. The van der Waals surface area contributed by atoms with Crippen LogP contribution in [0.15, 0.2) is 64.2 Å². The van der Waals surface area contributed by atoms with Gasteiger partial charge in [0, 0.05) is 31.7 Å². The number of sulfone groups is 2. The van der Waals surface area contributed by atoms with Crippen LogP contribution >= 0.6 is 0 Å². The summed E-state index contributed by atoms with van der Waals surface area (Å²) < 4.78 is 197. The quantitative estimate of drug-likeness (QED) is 0.133. The summed E-state index contributed by atoms with van der Waals surface area (Å²) in [5, 5.41) is 0. The summed E-state index contributed by atoms with van der Waals surface area (Å²) >= 11 is 0. The average molecular weight is 840 g/mol. The first kappa shape index (κ1) is 42.0. The van der Waals surface area contributed by atoms with Gasteiger partial charge in [0.1, 0.15) is 5.82 Å². The molecule has 2 heterocycles. The highest BCUT2D eigenvalue weighted by molar-refractivity contribution is 7.92. The fourth-order valence-corrected chi connectivity index (χ4v) is 8.36. The molecule has 24 heteroatoms. The Bertz CT molecular complexity index is 2410. The molecule has 294 valence electrons. The molecule has 1 aromatic heterocycles. The number of hydrogen-bond acceptors (Lipinski definition) is 10. The number of hydrogen-bond donors (Lipinski definition) is 2. The molecule has 1 aliphatic rings. The smallest absolute Gasteiger partial charge is 0.326 e. The Hall–Kier alpha value is -3.71. The van der Waals surface area contributed by atoms with Crippen molar-refractivity contribution in [2.75, 3.05) is 34.4 Å². The first-order chi connectivity index (χ1) is 24.2. The van der Waals surface area contributed by atoms with E-state index in [1.54, 1.807) is 23.3 Å². The van der Waals surface area contributed by atoms with E-state index in [2.05, 4.69) is 0 Å². The van der Waals surface area contributed by atoms with Gasteiger partial charge < -0.3 is 9.80 Å². The minimum atomic E-state index is -5.80. The number of benzene rings is 2. The average Bonchev–Trinajstić information content (AvgIpc) is 3.48. The predicted octanol–water partition coefficient (Wildman–Crippen LogP) is 4.29. The van der Waals surface area contributed by atoms with Crippen molar-refractivity contribution in [2.24, 2.45) is 0 Å². The lowest BCUT2D eigenvalue weighted by Crippen LogP contribution is -2.35. The molecule has 2 aromatic carbocycles. The molecule has 53 heavy (non-hydrogen) atoms. The van der Waals surface area contributed by atoms with Crippen LogP contribution in [0, 0.1) is 0 Å². The molecule has 0 radical (unpaired) electrons. The summed E-state index contributed by atoms with van der Waals surface area (Å²) in [6.45, 7) is 3.17. The molecule has 0 amide bonds. The third-order valence-corrected chi connectivity index (χ3v) is 12.7. The second-order valence-electron chi connectivity index (χ2n) is 11.5. The fourth-order valence-electron chi connectivity index (χ4n) is 5.81. The number of allylic oxidation sites excluding steroid dienone is 2. The van der Waals surface area contributed by atoms with Crippen LogP contribution < -0.4 is 14.4 Å². The van der Waals surface area contributed by atoms with Crippen LogP contribution in [0.1, 0.15) is 32.5 Å². The first-order valence-corrected chi connectivity index (χ1v) is 21.6. The Labute approximate surface area is 300 Å². The third-order valence-electron chi connectivity index (χ3n) is 8.08. The molecule has 0 spiro atoms. The molecule has 0 aliphatic carbocycles. The van der Waals surface area contributed by atoms with E-state index >= 15 is 0 Å². The van der Waals surface area contributed by atoms with Crippen LogP contribution in [-0.4, -0.2) is 83.0 Å². The van der Waals surface area contributed by atoms with Crippen LogP contribution in [-0.2, 0) is 53.0 Å². The number of imidazole rings is 1. The number of rotatable bonds is 14. The van der Waals surface area contributed by atoms with Crippen LogP contribution in [0.2, 0.25) is 0 Å². The van der Waals surface area contributed by atoms with E-state index in [1.807, 2.05) is 0 Å². The van der Waals surface area contributed by atoms with Crippen molar-refractivity contribution in [3.8, 4) is 0 Å². The monoisotopic (exact) mass is 839 g/mol. The minimum absolute atomic E-state index is 0.0338. The maximum Gasteiger partial charge on any atom is 0.501 e. The molecular weight excluding hydrogens is 807 g/mol. The van der Waals surface area contributed by atoms with Gasteiger partial charge in [-0.1, -0.05) is 6.08 Å². The van der Waals surface area contributed by atoms with Gasteiger partial charge in [-0.2, -0.15) is 43.2 Å². The van der Waals surface area contributed by atoms with Gasteiger partial charge in [0.25, 0.3) is 45.7 Å². The van der Waals surface area contributed by atoms with Crippen LogP contribution in [0.4, 0.5) is 37.7 Å². The highest BCUT2D eigenvalue weighted by Crippen LogP contribution is 2.44. The summed E-state index contributed by atoms with van der Waals surface area (Å²) in [6, 6.07) is 5.38. The molecule has 0 bridgehead atoms. The number of anilines is 2. The summed E-state index contributed by atoms with van der Waals surface area (Å²) in [7, 11) is -20.5. The van der Waals surface area contributed by atoms with Gasteiger partial charge in [-0.05, 0) is 56.7 Å². The fraction of sp³-hybridized carbons (Fsp3) is 0.414. The SMILES string of the molecule is CCN1C(=CC=Cc2n(CCCS(=O)(=O)O)c3cc(S(=O)(=O)C(F)(F)F)ccc3[n+]2CC)N(CCCS(=O)(=O)O)c2cc(S(=O)(=O)C(F)(F)F)ccc21. The van der Waals surface area contributed by atoms with Gasteiger partial charge in [0.2, 0.25) is 0 Å². The lowest BCUT2D eigenvalue weighted by Gasteiger charge is -2.24. The van der Waals surface area contributed by atoms with E-state index in [0.717, 1.165) is 36.4 Å². The van der Waals surface area contributed by atoms with E-state index in [0.29, 0.717) is 0 Å². The highest BCUT2D eigenvalue weighted by Gasteiger charge is 2.48. The van der Waals surface area contributed by atoms with Gasteiger partial charge in [-0.15, -0.1) is 0 Å². The number of aryl methyl sites for hydroxylation is 2. The summed E-state index contributed by atoms with van der Waals surface area (Å²) in [6.07, 6.45) is 3.74. The molecule has 14 nitrogen and oxygen atoms in total. The Morgan fingerprint density at radius 3 is 1.75 bits per heavy atom. The number of aromatic nitrogens is 2. The van der Waals surface area contributed by atoms with Gasteiger partial charge in [-0.25, -0.2) is 26.0 Å². The Morgan fingerprint density at radius 2 is 1.25 bits per heavy atom. The summed E-state index contributed by atoms with van der Waals surface area (Å²) in [5.41, 5.74) is -10.8. The predicted molar refractivity (Wildman–Crippen MR) is 180 cm³/mol. The lowest BCUT2D eigenvalue weighted by molar-refractivity contribution is -0.670. The number of nitrogens with zero attached hydrogens (tertiary/aromatic N) is 4. The van der Waals surface area contributed by atoms with Crippen molar-refractivity contribution < 1.29 is 73.7 Å². The molecule has 0 atom stereocenters. The molecular formula is C29H33F6N4O10S4+. The van der Waals surface area contributed by atoms with Crippen LogP contribution in [0.25, 0.3) is 17.1 Å². The maximum absolute atomic E-state index is 13.4. The zero-order chi connectivity index (χ0) is 39.9. The van der Waals surface area contributed by atoms with Crippen molar-refractivity contribution in [2.45, 2.75) is 60.6 Å². The van der Waals surface area contributed by atoms with Crippen molar-refractivity contribution in [1.29, 1.82) is 0 Å². The Morgan fingerprint density at radius 1 is 0.717 bits per heavy atom. The molecule has 2 N–H and O–H groups in total. The largest absolute Gasteiger partial charge is 0.501 e. The van der Waals surface area contributed by atoms with Crippen LogP contribution in [0.5, 0.6) is 0 Å². The van der Waals surface area contributed by atoms with Gasteiger partial charge in [-0.3, -0.25) is 9.11 Å².